The van der Waals surface area contributed by atoms with E-state index < -0.39 is 0 Å². The van der Waals surface area contributed by atoms with Crippen molar-refractivity contribution in [2.75, 3.05) is 5.32 Å². The second kappa shape index (κ2) is 5.38. The lowest BCUT2D eigenvalue weighted by Crippen LogP contribution is -2.14. The molecule has 0 unspecified atom stereocenters. The van der Waals surface area contributed by atoms with Gasteiger partial charge in [-0.15, -0.1) is 11.3 Å². The molecule has 1 amide bonds. The minimum absolute atomic E-state index is 0.00307. The summed E-state index contributed by atoms with van der Waals surface area (Å²) in [4.78, 5) is 20.9. The number of hydrogen-bond donors (Lipinski definition) is 1. The molecule has 3 heterocycles. The van der Waals surface area contributed by atoms with Gasteiger partial charge in [0.05, 0.1) is 12.0 Å². The largest absolute Gasteiger partial charge is 0.469 e. The van der Waals surface area contributed by atoms with Crippen LogP contribution < -0.4 is 5.32 Å². The summed E-state index contributed by atoms with van der Waals surface area (Å²) < 4.78 is 5.35. The predicted molar refractivity (Wildman–Crippen MR) is 83.5 cm³/mol. The van der Waals surface area contributed by atoms with E-state index in [0.717, 1.165) is 23.6 Å². The SMILES string of the molecule is O=C(Nc1nc(-c2ccccn2)cs1)[C@H]1C[C@H]1c1ccco1. The van der Waals surface area contributed by atoms with Crippen molar-refractivity contribution in [3.8, 4) is 11.4 Å². The molecule has 1 aliphatic carbocycles. The van der Waals surface area contributed by atoms with E-state index in [4.69, 9.17) is 4.42 Å². The van der Waals surface area contributed by atoms with E-state index in [1.54, 1.807) is 12.5 Å². The van der Waals surface area contributed by atoms with Gasteiger partial charge < -0.3 is 9.73 Å². The minimum Gasteiger partial charge on any atom is -0.469 e. The third-order valence-electron chi connectivity index (χ3n) is 3.70. The summed E-state index contributed by atoms with van der Waals surface area (Å²) in [5.41, 5.74) is 1.58. The molecule has 5 nitrogen and oxygen atoms in total. The van der Waals surface area contributed by atoms with Crippen molar-refractivity contribution in [3.05, 3.63) is 53.9 Å². The van der Waals surface area contributed by atoms with Crippen molar-refractivity contribution in [2.45, 2.75) is 12.3 Å². The Morgan fingerprint density at radius 2 is 2.23 bits per heavy atom. The highest BCUT2D eigenvalue weighted by atomic mass is 32.1. The molecule has 0 aromatic carbocycles. The van der Waals surface area contributed by atoms with Gasteiger partial charge in [-0.1, -0.05) is 6.07 Å². The summed E-state index contributed by atoms with van der Waals surface area (Å²) in [5.74, 6) is 1.07. The maximum atomic E-state index is 12.2. The van der Waals surface area contributed by atoms with Crippen molar-refractivity contribution in [3.63, 3.8) is 0 Å². The average Bonchev–Trinajstić information content (AvgIpc) is 2.97. The van der Waals surface area contributed by atoms with E-state index in [9.17, 15) is 4.79 Å². The maximum Gasteiger partial charge on any atom is 0.230 e. The van der Waals surface area contributed by atoms with Crippen LogP contribution in [0.25, 0.3) is 11.4 Å². The molecule has 0 aliphatic heterocycles. The van der Waals surface area contributed by atoms with Crippen LogP contribution in [0.3, 0.4) is 0 Å². The second-order valence-corrected chi connectivity index (χ2v) is 6.06. The first-order valence-corrected chi connectivity index (χ1v) is 7.90. The molecule has 110 valence electrons. The number of nitrogens with one attached hydrogen (secondary N) is 1. The van der Waals surface area contributed by atoms with Crippen molar-refractivity contribution >= 4 is 22.4 Å². The van der Waals surface area contributed by atoms with Crippen LogP contribution in [0.2, 0.25) is 0 Å². The van der Waals surface area contributed by atoms with Gasteiger partial charge in [0.25, 0.3) is 0 Å². The monoisotopic (exact) mass is 311 g/mol. The van der Waals surface area contributed by atoms with E-state index >= 15 is 0 Å². The molecule has 0 bridgehead atoms. The fourth-order valence-electron chi connectivity index (χ4n) is 2.46. The molecule has 1 N–H and O–H groups in total. The minimum atomic E-state index is -0.0200. The van der Waals surface area contributed by atoms with Crippen LogP contribution in [0.4, 0.5) is 5.13 Å². The average molecular weight is 311 g/mol. The zero-order valence-corrected chi connectivity index (χ0v) is 12.4. The Balaban J connectivity index is 1.42. The number of carbonyl (C=O) groups excluding carboxylic acids is 1. The van der Waals surface area contributed by atoms with Crippen molar-refractivity contribution in [1.29, 1.82) is 0 Å². The van der Waals surface area contributed by atoms with Crippen LogP contribution >= 0.6 is 11.3 Å². The molecule has 0 radical (unpaired) electrons. The normalized spacial score (nSPS) is 19.8. The molecule has 1 fully saturated rings. The van der Waals surface area contributed by atoms with Crippen LogP contribution in [0.5, 0.6) is 0 Å². The number of nitrogens with zero attached hydrogens (tertiary/aromatic N) is 2. The first kappa shape index (κ1) is 13.2. The lowest BCUT2D eigenvalue weighted by molar-refractivity contribution is -0.117. The van der Waals surface area contributed by atoms with Crippen LogP contribution in [0, 0.1) is 5.92 Å². The molecule has 6 heteroatoms. The number of amides is 1. The molecule has 3 aromatic rings. The molecule has 2 atom stereocenters. The summed E-state index contributed by atoms with van der Waals surface area (Å²) >= 11 is 1.41. The number of aromatic nitrogens is 2. The predicted octanol–water partition coefficient (Wildman–Crippen LogP) is 3.54. The van der Waals surface area contributed by atoms with Gasteiger partial charge in [0.1, 0.15) is 11.5 Å². The number of anilines is 1. The summed E-state index contributed by atoms with van der Waals surface area (Å²) in [6.45, 7) is 0. The molecular weight excluding hydrogens is 298 g/mol. The molecule has 22 heavy (non-hydrogen) atoms. The molecule has 3 aromatic heterocycles. The van der Waals surface area contributed by atoms with Gasteiger partial charge in [-0.2, -0.15) is 0 Å². The fraction of sp³-hybridized carbons (Fsp3) is 0.188. The van der Waals surface area contributed by atoms with Crippen LogP contribution in [0.1, 0.15) is 18.1 Å². The first-order chi connectivity index (χ1) is 10.8. The van der Waals surface area contributed by atoms with Crippen molar-refractivity contribution in [1.82, 2.24) is 9.97 Å². The van der Waals surface area contributed by atoms with Gasteiger partial charge >= 0.3 is 0 Å². The van der Waals surface area contributed by atoms with Gasteiger partial charge in [-0.05, 0) is 30.7 Å². The quantitative estimate of drug-likeness (QED) is 0.800. The van der Waals surface area contributed by atoms with Gasteiger partial charge in [-0.3, -0.25) is 9.78 Å². The zero-order valence-electron chi connectivity index (χ0n) is 11.6. The Morgan fingerprint density at radius 3 is 3.00 bits per heavy atom. The molecule has 4 rings (SSSR count). The summed E-state index contributed by atoms with van der Waals surface area (Å²) in [6, 6.07) is 9.44. The Kier molecular flexibility index (Phi) is 3.23. The highest BCUT2D eigenvalue weighted by molar-refractivity contribution is 7.14. The third-order valence-corrected chi connectivity index (χ3v) is 4.46. The zero-order chi connectivity index (χ0) is 14.9. The summed E-state index contributed by atoms with van der Waals surface area (Å²) in [7, 11) is 0. The number of rotatable bonds is 4. The molecule has 0 spiro atoms. The maximum absolute atomic E-state index is 12.2. The molecule has 0 saturated heterocycles. The number of hydrogen-bond acceptors (Lipinski definition) is 5. The Morgan fingerprint density at radius 1 is 1.27 bits per heavy atom. The number of carbonyl (C=O) groups is 1. The first-order valence-electron chi connectivity index (χ1n) is 7.02. The van der Waals surface area contributed by atoms with Gasteiger partial charge in [0, 0.05) is 23.4 Å². The van der Waals surface area contributed by atoms with Gasteiger partial charge in [-0.25, -0.2) is 4.98 Å². The number of furan rings is 1. The van der Waals surface area contributed by atoms with Gasteiger partial charge in [0.15, 0.2) is 5.13 Å². The van der Waals surface area contributed by atoms with E-state index in [1.165, 1.54) is 11.3 Å². The Hall–Kier alpha value is -2.47. The topological polar surface area (TPSA) is 68.0 Å². The summed E-state index contributed by atoms with van der Waals surface area (Å²) in [5, 5.41) is 5.39. The second-order valence-electron chi connectivity index (χ2n) is 5.21. The fourth-order valence-corrected chi connectivity index (χ4v) is 3.17. The van der Waals surface area contributed by atoms with E-state index in [1.807, 2.05) is 35.7 Å². The van der Waals surface area contributed by atoms with Crippen LogP contribution in [0.15, 0.2) is 52.6 Å². The Labute approximate surface area is 131 Å². The Bertz CT molecular complexity index is 783. The number of thiazole rings is 1. The van der Waals surface area contributed by atoms with E-state index in [-0.39, 0.29) is 17.7 Å². The van der Waals surface area contributed by atoms with Crippen LogP contribution in [-0.4, -0.2) is 15.9 Å². The lowest BCUT2D eigenvalue weighted by Gasteiger charge is -2.00. The third kappa shape index (κ3) is 2.53. The van der Waals surface area contributed by atoms with Gasteiger partial charge in [0.2, 0.25) is 5.91 Å². The van der Waals surface area contributed by atoms with Crippen molar-refractivity contribution in [2.24, 2.45) is 5.92 Å². The number of pyridine rings is 1. The van der Waals surface area contributed by atoms with E-state index in [2.05, 4.69) is 15.3 Å². The highest BCUT2D eigenvalue weighted by Crippen LogP contribution is 2.48. The lowest BCUT2D eigenvalue weighted by atomic mass is 10.2. The van der Waals surface area contributed by atoms with Crippen molar-refractivity contribution < 1.29 is 9.21 Å². The molecule has 1 saturated carbocycles. The standard InChI is InChI=1S/C16H13N3O2S/c20-15(11-8-10(11)14-5-3-7-21-14)19-16-18-13(9-22-16)12-4-1-2-6-17-12/h1-7,9-11H,8H2,(H,18,19,20)/t10-,11+/m1/s1. The smallest absolute Gasteiger partial charge is 0.230 e. The molecule has 1 aliphatic rings. The van der Waals surface area contributed by atoms with E-state index in [0.29, 0.717) is 5.13 Å². The van der Waals surface area contributed by atoms with Crippen LogP contribution in [-0.2, 0) is 4.79 Å². The molecular formula is C16H13N3O2S. The summed E-state index contributed by atoms with van der Waals surface area (Å²) in [6.07, 6.45) is 4.20. The highest BCUT2D eigenvalue weighted by Gasteiger charge is 2.46.